The van der Waals surface area contributed by atoms with Crippen LogP contribution in [-0.4, -0.2) is 132 Å². The van der Waals surface area contributed by atoms with Crippen LogP contribution in [0.2, 0.25) is 0 Å². The number of sulfonamides is 2. The Kier molecular flexibility index (Phi) is 30.6. The van der Waals surface area contributed by atoms with Gasteiger partial charge in [0.2, 0.25) is 20.0 Å². The number of benzene rings is 2. The average molecular weight is 843 g/mol. The van der Waals surface area contributed by atoms with Gasteiger partial charge in [-0.1, -0.05) is 36.4 Å². The van der Waals surface area contributed by atoms with Gasteiger partial charge in [0.15, 0.2) is 0 Å². The predicted molar refractivity (Wildman–Crippen MR) is 194 cm³/mol. The van der Waals surface area contributed by atoms with E-state index in [4.69, 9.17) is 52.6 Å². The van der Waals surface area contributed by atoms with Crippen LogP contribution in [0.25, 0.3) is 0 Å². The lowest BCUT2D eigenvalue weighted by Gasteiger charge is -2.24. The van der Waals surface area contributed by atoms with Crippen LogP contribution in [0.5, 0.6) is 0 Å². The van der Waals surface area contributed by atoms with E-state index in [2.05, 4.69) is 71.2 Å². The molecular formula is C24H50N4O18S5. The fourth-order valence-electron chi connectivity index (χ4n) is 3.47. The van der Waals surface area contributed by atoms with Crippen LogP contribution in [0, 0.1) is 13.8 Å². The first-order valence-corrected chi connectivity index (χ1v) is 21.4. The molecule has 2 aromatic carbocycles. The highest BCUT2D eigenvalue weighted by molar-refractivity contribution is 7.89. The third-order valence-corrected chi connectivity index (χ3v) is 6.62. The Morgan fingerprint density at radius 3 is 0.902 bits per heavy atom. The summed E-state index contributed by atoms with van der Waals surface area (Å²) >= 11 is 0. The minimum Gasteiger partial charge on any atom is -0.412 e. The molecule has 304 valence electrons. The molecule has 0 unspecified atom stereocenters. The van der Waals surface area contributed by atoms with E-state index in [9.17, 15) is 16.8 Å². The predicted octanol–water partition coefficient (Wildman–Crippen LogP) is -0.867. The van der Waals surface area contributed by atoms with E-state index in [1.807, 2.05) is 24.3 Å². The number of aryl methyl sites for hydroxylation is 2. The van der Waals surface area contributed by atoms with Gasteiger partial charge in [-0.15, -0.1) is 0 Å². The van der Waals surface area contributed by atoms with Gasteiger partial charge >= 0.3 is 31.2 Å². The van der Waals surface area contributed by atoms with Crippen molar-refractivity contribution in [2.24, 2.45) is 0 Å². The molecule has 0 heterocycles. The highest BCUT2D eigenvalue weighted by atomic mass is 32.3. The minimum absolute atomic E-state index is 0. The van der Waals surface area contributed by atoms with Crippen molar-refractivity contribution in [3.63, 3.8) is 0 Å². The van der Waals surface area contributed by atoms with Crippen molar-refractivity contribution in [3.8, 4) is 0 Å². The van der Waals surface area contributed by atoms with E-state index < -0.39 is 51.2 Å². The molecule has 0 radical (unpaired) electrons. The summed E-state index contributed by atoms with van der Waals surface area (Å²) < 4.78 is 144. The van der Waals surface area contributed by atoms with Crippen molar-refractivity contribution in [1.82, 2.24) is 9.44 Å². The third kappa shape index (κ3) is 47.4. The highest BCUT2D eigenvalue weighted by Gasteiger charge is 2.09. The van der Waals surface area contributed by atoms with Crippen LogP contribution in [0.15, 0.2) is 48.5 Å². The zero-order valence-electron chi connectivity index (χ0n) is 28.6. The van der Waals surface area contributed by atoms with Crippen LogP contribution in [0.3, 0.4) is 0 Å². The third-order valence-electron chi connectivity index (χ3n) is 5.17. The molecular weight excluding hydrogens is 793 g/mol. The molecule has 2 rings (SSSR count). The molecule has 0 aromatic heterocycles. The fraction of sp³-hybridized carbons (Fsp3) is 0.500. The zero-order valence-corrected chi connectivity index (χ0v) is 32.6. The fourth-order valence-corrected chi connectivity index (χ4v) is 4.39. The number of hydrogen-bond donors (Lipinski definition) is 8. The quantitative estimate of drug-likeness (QED) is 0.120. The minimum atomic E-state index is -4.67. The van der Waals surface area contributed by atoms with Crippen molar-refractivity contribution in [2.45, 2.75) is 27.7 Å². The van der Waals surface area contributed by atoms with Crippen LogP contribution in [-0.2, 0) is 51.2 Å². The number of anilines is 2. The summed E-state index contributed by atoms with van der Waals surface area (Å²) in [5, 5.41) is 0. The molecule has 0 aliphatic heterocycles. The maximum atomic E-state index is 11.0. The van der Waals surface area contributed by atoms with Crippen molar-refractivity contribution in [1.29, 1.82) is 0 Å². The summed E-state index contributed by atoms with van der Waals surface area (Å²) in [5.74, 6) is 0. The number of rotatable bonds is 12. The van der Waals surface area contributed by atoms with Gasteiger partial charge in [-0.05, 0) is 51.0 Å². The van der Waals surface area contributed by atoms with Crippen LogP contribution in [0.1, 0.15) is 25.0 Å². The van der Waals surface area contributed by atoms with E-state index in [1.165, 1.54) is 23.6 Å². The van der Waals surface area contributed by atoms with Gasteiger partial charge in [0, 0.05) is 50.6 Å². The SMILES string of the molecule is CCN(CCNS(C)(=O)=O)c1ccccc1C.CCN(CCNS(C)(=O)=O)c1ccccc1C.O.O.O=S(=O)(O)O.O=S(=O)(O)O.O=S(=O)(O)O. The molecule has 27 heteroatoms. The molecule has 0 spiro atoms. The molecule has 0 atom stereocenters. The first-order chi connectivity index (χ1) is 21.9. The van der Waals surface area contributed by atoms with Crippen molar-refractivity contribution in [2.75, 3.05) is 61.6 Å². The maximum Gasteiger partial charge on any atom is 0.394 e. The van der Waals surface area contributed by atoms with Crippen molar-refractivity contribution >= 4 is 62.6 Å². The first-order valence-electron chi connectivity index (χ1n) is 13.5. The van der Waals surface area contributed by atoms with E-state index in [-0.39, 0.29) is 11.0 Å². The van der Waals surface area contributed by atoms with Gasteiger partial charge in [0.1, 0.15) is 0 Å². The number of hydrogen-bond acceptors (Lipinski definition) is 12. The molecule has 0 saturated carbocycles. The van der Waals surface area contributed by atoms with Gasteiger partial charge in [0.25, 0.3) is 0 Å². The van der Waals surface area contributed by atoms with E-state index in [0.717, 1.165) is 24.5 Å². The van der Waals surface area contributed by atoms with E-state index in [1.54, 1.807) is 0 Å². The Hall–Kier alpha value is -2.61. The molecule has 0 bridgehead atoms. The van der Waals surface area contributed by atoms with Gasteiger partial charge in [-0.3, -0.25) is 27.3 Å². The number of nitrogens with zero attached hydrogens (tertiary/aromatic N) is 2. The molecule has 0 fully saturated rings. The normalized spacial score (nSPS) is 11.1. The summed E-state index contributed by atoms with van der Waals surface area (Å²) in [7, 11) is -20.2. The van der Waals surface area contributed by atoms with Crippen molar-refractivity contribution < 1.29 is 80.4 Å². The molecule has 0 amide bonds. The van der Waals surface area contributed by atoms with Gasteiger partial charge < -0.3 is 20.8 Å². The lowest BCUT2D eigenvalue weighted by Crippen LogP contribution is -2.34. The lowest BCUT2D eigenvalue weighted by atomic mass is 10.2. The summed E-state index contributed by atoms with van der Waals surface area (Å²) in [5.41, 5.74) is 4.72. The molecule has 0 saturated heterocycles. The van der Waals surface area contributed by atoms with Gasteiger partial charge in [-0.25, -0.2) is 26.3 Å². The lowest BCUT2D eigenvalue weighted by molar-refractivity contribution is 0.378. The molecule has 51 heavy (non-hydrogen) atoms. The monoisotopic (exact) mass is 842 g/mol. The Morgan fingerprint density at radius 2 is 0.725 bits per heavy atom. The second-order valence-electron chi connectivity index (χ2n) is 9.41. The van der Waals surface area contributed by atoms with E-state index in [0.29, 0.717) is 26.2 Å². The summed E-state index contributed by atoms with van der Waals surface area (Å²) in [6, 6.07) is 16.2. The Bertz CT molecular complexity index is 1610. The Balaban J connectivity index is -0.000000193. The molecule has 2 aromatic rings. The van der Waals surface area contributed by atoms with E-state index >= 15 is 0 Å². The van der Waals surface area contributed by atoms with Crippen LogP contribution >= 0.6 is 0 Å². The van der Waals surface area contributed by atoms with Crippen LogP contribution in [0.4, 0.5) is 11.4 Å². The standard InChI is InChI=1S/2C12H20N2O2S.3H2O4S.2H2O/c2*1-4-14(10-9-13-17(3,15)16)12-8-6-5-7-11(12)2;3*1-5(2,3)4;;/h2*5-8,13H,4,9-10H2,1-3H3;3*(H2,1,2,3,4);2*1H2. The van der Waals surface area contributed by atoms with Gasteiger partial charge in [0.05, 0.1) is 12.5 Å². The smallest absolute Gasteiger partial charge is 0.394 e. The zero-order chi connectivity index (χ0) is 39.3. The van der Waals surface area contributed by atoms with Gasteiger partial charge in [-0.2, -0.15) is 25.3 Å². The molecule has 0 aliphatic rings. The van der Waals surface area contributed by atoms with Crippen LogP contribution < -0.4 is 19.2 Å². The molecule has 0 aliphatic carbocycles. The van der Waals surface area contributed by atoms with Crippen molar-refractivity contribution in [3.05, 3.63) is 59.7 Å². The second kappa shape index (κ2) is 27.1. The molecule has 12 N–H and O–H groups in total. The Morgan fingerprint density at radius 1 is 0.510 bits per heavy atom. The Labute approximate surface area is 300 Å². The molecule has 22 nitrogen and oxygen atoms in total. The summed E-state index contributed by atoms with van der Waals surface area (Å²) in [6.07, 6.45) is 2.36. The highest BCUT2D eigenvalue weighted by Crippen LogP contribution is 2.19. The number of para-hydroxylation sites is 2. The number of likely N-dealkylation sites (N-methyl/N-ethyl adjacent to an activating group) is 2. The average Bonchev–Trinajstić information content (AvgIpc) is 2.87. The first kappa shape index (κ1) is 57.7. The maximum absolute atomic E-state index is 11.0. The summed E-state index contributed by atoms with van der Waals surface area (Å²) in [4.78, 5) is 4.32. The largest absolute Gasteiger partial charge is 0.412 e. The topological polar surface area (TPSA) is 386 Å². The second-order valence-corrected chi connectivity index (χ2v) is 15.8. The summed E-state index contributed by atoms with van der Waals surface area (Å²) in [6.45, 7) is 12.2. The number of nitrogens with one attached hydrogen (secondary N) is 2.